The van der Waals surface area contributed by atoms with Crippen molar-refractivity contribution in [2.24, 2.45) is 0 Å². The molecule has 3 aromatic rings. The molecule has 0 bridgehead atoms. The zero-order chi connectivity index (χ0) is 16.1. The summed E-state index contributed by atoms with van der Waals surface area (Å²) in [4.78, 5) is 11.8. The Bertz CT molecular complexity index is 781. The van der Waals surface area contributed by atoms with Crippen LogP contribution in [0.4, 0.5) is 10.5 Å². The van der Waals surface area contributed by atoms with Crippen LogP contribution in [0.15, 0.2) is 78.9 Å². The van der Waals surface area contributed by atoms with Gasteiger partial charge in [-0.2, -0.15) is 0 Å². The number of aromatic hydroxyl groups is 1. The highest BCUT2D eigenvalue weighted by Crippen LogP contribution is 2.24. The van der Waals surface area contributed by atoms with Crippen LogP contribution in [0, 0.1) is 0 Å². The normalized spacial score (nSPS) is 10.1. The van der Waals surface area contributed by atoms with Gasteiger partial charge < -0.3 is 9.84 Å². The van der Waals surface area contributed by atoms with E-state index in [1.807, 2.05) is 42.5 Å². The third-order valence-electron chi connectivity index (χ3n) is 3.29. The summed E-state index contributed by atoms with van der Waals surface area (Å²) in [6.45, 7) is 0. The lowest BCUT2D eigenvalue weighted by Crippen LogP contribution is -2.16. The standard InChI is InChI=1S/C19H15NO3/c21-17-10-6-14(7-11-17)15-8-12-18(13-9-15)23-19(22)20-16-4-2-1-3-5-16/h1-13,21H,(H,20,22). The molecule has 114 valence electrons. The van der Waals surface area contributed by atoms with E-state index in [1.165, 1.54) is 0 Å². The van der Waals surface area contributed by atoms with Crippen molar-refractivity contribution in [1.82, 2.24) is 0 Å². The van der Waals surface area contributed by atoms with Crippen LogP contribution in [-0.4, -0.2) is 11.2 Å². The summed E-state index contributed by atoms with van der Waals surface area (Å²) >= 11 is 0. The van der Waals surface area contributed by atoms with Gasteiger partial charge in [0.15, 0.2) is 0 Å². The summed E-state index contributed by atoms with van der Waals surface area (Å²) in [6.07, 6.45) is -0.534. The number of rotatable bonds is 3. The van der Waals surface area contributed by atoms with Crippen LogP contribution < -0.4 is 10.1 Å². The summed E-state index contributed by atoms with van der Waals surface area (Å²) in [6, 6.07) is 23.2. The van der Waals surface area contributed by atoms with Gasteiger partial charge in [-0.05, 0) is 47.5 Å². The summed E-state index contributed by atoms with van der Waals surface area (Å²) in [5, 5.41) is 12.0. The lowest BCUT2D eigenvalue weighted by molar-refractivity contribution is 0.215. The Kier molecular flexibility index (Phi) is 4.25. The van der Waals surface area contributed by atoms with Crippen LogP contribution in [0.25, 0.3) is 11.1 Å². The van der Waals surface area contributed by atoms with E-state index in [9.17, 15) is 9.90 Å². The molecule has 23 heavy (non-hydrogen) atoms. The van der Waals surface area contributed by atoms with Gasteiger partial charge in [0.05, 0.1) is 0 Å². The first-order chi connectivity index (χ1) is 11.2. The minimum atomic E-state index is -0.534. The Hall–Kier alpha value is -3.27. The molecule has 3 rings (SSSR count). The highest BCUT2D eigenvalue weighted by molar-refractivity contribution is 5.86. The molecular weight excluding hydrogens is 290 g/mol. The van der Waals surface area contributed by atoms with Gasteiger partial charge in [-0.15, -0.1) is 0 Å². The molecule has 1 amide bonds. The molecule has 0 saturated carbocycles. The van der Waals surface area contributed by atoms with Crippen molar-refractivity contribution in [2.45, 2.75) is 0 Å². The maximum Gasteiger partial charge on any atom is 0.417 e. The predicted molar refractivity (Wildman–Crippen MR) is 89.6 cm³/mol. The number of nitrogens with one attached hydrogen (secondary N) is 1. The summed E-state index contributed by atoms with van der Waals surface area (Å²) in [5.74, 6) is 0.687. The smallest absolute Gasteiger partial charge is 0.417 e. The van der Waals surface area contributed by atoms with Crippen molar-refractivity contribution in [3.05, 3.63) is 78.9 Å². The van der Waals surface area contributed by atoms with E-state index in [0.29, 0.717) is 11.4 Å². The number of hydrogen-bond acceptors (Lipinski definition) is 3. The van der Waals surface area contributed by atoms with Crippen molar-refractivity contribution < 1.29 is 14.6 Å². The average molecular weight is 305 g/mol. The Morgan fingerprint density at radius 3 is 1.96 bits per heavy atom. The minimum absolute atomic E-state index is 0.228. The SMILES string of the molecule is O=C(Nc1ccccc1)Oc1ccc(-c2ccc(O)cc2)cc1. The monoisotopic (exact) mass is 305 g/mol. The second kappa shape index (κ2) is 6.66. The number of carbonyl (C=O) groups excluding carboxylic acids is 1. The highest BCUT2D eigenvalue weighted by atomic mass is 16.6. The van der Waals surface area contributed by atoms with E-state index >= 15 is 0 Å². The topological polar surface area (TPSA) is 58.6 Å². The maximum absolute atomic E-state index is 11.8. The molecular formula is C19H15NO3. The molecule has 4 nitrogen and oxygen atoms in total. The second-order valence-electron chi connectivity index (χ2n) is 4.95. The first-order valence-electron chi connectivity index (χ1n) is 7.14. The van der Waals surface area contributed by atoms with E-state index in [4.69, 9.17) is 4.74 Å². The summed E-state index contributed by atoms with van der Waals surface area (Å²) in [7, 11) is 0. The van der Waals surface area contributed by atoms with Gasteiger partial charge in [0.1, 0.15) is 11.5 Å². The molecule has 0 aliphatic heterocycles. The Morgan fingerprint density at radius 2 is 1.35 bits per heavy atom. The molecule has 0 aliphatic carbocycles. The van der Waals surface area contributed by atoms with Crippen LogP contribution >= 0.6 is 0 Å². The first-order valence-corrected chi connectivity index (χ1v) is 7.14. The van der Waals surface area contributed by atoms with Crippen molar-refractivity contribution in [1.29, 1.82) is 0 Å². The molecule has 0 aromatic heterocycles. The first kappa shape index (κ1) is 14.7. The van der Waals surface area contributed by atoms with Crippen molar-refractivity contribution in [2.75, 3.05) is 5.32 Å². The van der Waals surface area contributed by atoms with Crippen LogP contribution in [0.1, 0.15) is 0 Å². The third-order valence-corrected chi connectivity index (χ3v) is 3.29. The zero-order valence-electron chi connectivity index (χ0n) is 12.3. The van der Waals surface area contributed by atoms with E-state index in [0.717, 1.165) is 11.1 Å². The molecule has 0 unspecified atom stereocenters. The molecule has 4 heteroatoms. The van der Waals surface area contributed by atoms with E-state index in [1.54, 1.807) is 36.4 Å². The number of carbonyl (C=O) groups is 1. The Labute approximate surface area is 134 Å². The quantitative estimate of drug-likeness (QED) is 0.739. The lowest BCUT2D eigenvalue weighted by Gasteiger charge is -2.07. The molecule has 0 saturated heterocycles. The van der Waals surface area contributed by atoms with Crippen molar-refractivity contribution in [3.63, 3.8) is 0 Å². The van der Waals surface area contributed by atoms with Gasteiger partial charge in [-0.1, -0.05) is 42.5 Å². The molecule has 0 radical (unpaired) electrons. The van der Waals surface area contributed by atoms with Gasteiger partial charge in [0.2, 0.25) is 0 Å². The number of hydrogen-bond donors (Lipinski definition) is 2. The van der Waals surface area contributed by atoms with Gasteiger partial charge in [0, 0.05) is 5.69 Å². The Balaban J connectivity index is 1.65. The molecule has 0 heterocycles. The van der Waals surface area contributed by atoms with Crippen LogP contribution in [0.2, 0.25) is 0 Å². The molecule has 0 spiro atoms. The highest BCUT2D eigenvalue weighted by Gasteiger charge is 2.05. The molecule has 2 N–H and O–H groups in total. The number of benzene rings is 3. The minimum Gasteiger partial charge on any atom is -0.508 e. The average Bonchev–Trinajstić information content (AvgIpc) is 2.57. The molecule has 0 atom stereocenters. The second-order valence-corrected chi connectivity index (χ2v) is 4.95. The molecule has 0 aliphatic rings. The molecule has 0 fully saturated rings. The van der Waals surface area contributed by atoms with Crippen LogP contribution in [0.3, 0.4) is 0 Å². The summed E-state index contributed by atoms with van der Waals surface area (Å²) < 4.78 is 5.24. The van der Waals surface area contributed by atoms with Crippen molar-refractivity contribution >= 4 is 11.8 Å². The van der Waals surface area contributed by atoms with E-state index < -0.39 is 6.09 Å². The largest absolute Gasteiger partial charge is 0.508 e. The fourth-order valence-corrected chi connectivity index (χ4v) is 2.14. The maximum atomic E-state index is 11.8. The number of ether oxygens (including phenoxy) is 1. The fraction of sp³-hybridized carbons (Fsp3) is 0. The number of anilines is 1. The van der Waals surface area contributed by atoms with Crippen LogP contribution in [0.5, 0.6) is 11.5 Å². The molecule has 3 aromatic carbocycles. The summed E-state index contributed by atoms with van der Waals surface area (Å²) in [5.41, 5.74) is 2.63. The number of amides is 1. The Morgan fingerprint density at radius 1 is 0.783 bits per heavy atom. The van der Waals surface area contributed by atoms with Gasteiger partial charge >= 0.3 is 6.09 Å². The number of phenolic OH excluding ortho intramolecular Hbond substituents is 1. The number of phenols is 1. The lowest BCUT2D eigenvalue weighted by atomic mass is 10.1. The van der Waals surface area contributed by atoms with Crippen LogP contribution in [-0.2, 0) is 0 Å². The van der Waals surface area contributed by atoms with Gasteiger partial charge in [-0.3, -0.25) is 5.32 Å². The van der Waals surface area contributed by atoms with Crippen molar-refractivity contribution in [3.8, 4) is 22.6 Å². The zero-order valence-corrected chi connectivity index (χ0v) is 12.3. The third kappa shape index (κ3) is 3.89. The van der Waals surface area contributed by atoms with Gasteiger partial charge in [0.25, 0.3) is 0 Å². The number of para-hydroxylation sites is 1. The van der Waals surface area contributed by atoms with Gasteiger partial charge in [-0.25, -0.2) is 4.79 Å². The fourth-order valence-electron chi connectivity index (χ4n) is 2.14. The van der Waals surface area contributed by atoms with E-state index in [2.05, 4.69) is 5.32 Å². The van der Waals surface area contributed by atoms with E-state index in [-0.39, 0.29) is 5.75 Å². The predicted octanol–water partition coefficient (Wildman–Crippen LogP) is 4.67.